The van der Waals surface area contributed by atoms with E-state index in [0.29, 0.717) is 4.90 Å². The van der Waals surface area contributed by atoms with Crippen molar-refractivity contribution in [2.75, 3.05) is 6.54 Å². The van der Waals surface area contributed by atoms with Crippen LogP contribution in [0, 0.1) is 12.3 Å². The molecule has 1 aromatic rings. The van der Waals surface area contributed by atoms with E-state index >= 15 is 0 Å². The molecule has 118 valence electrons. The summed E-state index contributed by atoms with van der Waals surface area (Å²) in [6, 6.07) is 7.26. The van der Waals surface area contributed by atoms with Crippen molar-refractivity contribution in [2.24, 2.45) is 5.41 Å². The molecule has 0 aromatic heterocycles. The van der Waals surface area contributed by atoms with Gasteiger partial charge in [-0.2, -0.15) is 0 Å². The summed E-state index contributed by atoms with van der Waals surface area (Å²) in [4.78, 5) is 0.457. The molecule has 2 atom stereocenters. The van der Waals surface area contributed by atoms with E-state index < -0.39 is 9.84 Å². The van der Waals surface area contributed by atoms with Gasteiger partial charge in [-0.3, -0.25) is 0 Å². The van der Waals surface area contributed by atoms with Gasteiger partial charge in [0.15, 0.2) is 9.84 Å². The predicted octanol–water partition coefficient (Wildman–Crippen LogP) is 3.33. The summed E-state index contributed by atoms with van der Waals surface area (Å²) in [6.45, 7) is 9.17. The van der Waals surface area contributed by atoms with Crippen LogP contribution in [-0.4, -0.2) is 26.3 Å². The minimum atomic E-state index is -3.28. The van der Waals surface area contributed by atoms with Crippen molar-refractivity contribution >= 4 is 9.84 Å². The van der Waals surface area contributed by atoms with Crippen LogP contribution in [0.5, 0.6) is 0 Å². The van der Waals surface area contributed by atoms with Crippen molar-refractivity contribution in [1.29, 1.82) is 0 Å². The summed E-state index contributed by atoms with van der Waals surface area (Å²) in [5.41, 5.74) is 1.10. The maximum atomic E-state index is 13.0. The molecule has 3 nitrogen and oxygen atoms in total. The van der Waals surface area contributed by atoms with Crippen molar-refractivity contribution in [1.82, 2.24) is 5.32 Å². The summed E-state index contributed by atoms with van der Waals surface area (Å²) in [5, 5.41) is 3.10. The molecule has 2 rings (SSSR count). The summed E-state index contributed by atoms with van der Waals surface area (Å²) in [5.74, 6) is 0. The van der Waals surface area contributed by atoms with Crippen LogP contribution in [0.25, 0.3) is 0 Å². The quantitative estimate of drug-likeness (QED) is 0.928. The molecule has 1 N–H and O–H groups in total. The molecule has 4 heteroatoms. The first-order valence-corrected chi connectivity index (χ1v) is 9.37. The Bertz CT molecular complexity index is 575. The molecule has 0 radical (unpaired) electrons. The normalized spacial score (nSPS) is 25.7. The number of sulfone groups is 1. The average Bonchev–Trinajstić information content (AvgIpc) is 2.41. The molecular weight excluding hydrogens is 282 g/mol. The summed E-state index contributed by atoms with van der Waals surface area (Å²) in [7, 11) is -3.28. The third kappa shape index (κ3) is 3.32. The largest absolute Gasteiger partial charge is 0.312 e. The standard InChI is InChI=1S/C17H27NO2S/c1-5-18-16-15(7-6-12-17(16,3)4)21(19,20)14-10-8-13(2)9-11-14/h8-11,15-16,18H,5-7,12H2,1-4H3. The van der Waals surface area contributed by atoms with Gasteiger partial charge in [-0.1, -0.05) is 44.9 Å². The fraction of sp³-hybridized carbons (Fsp3) is 0.647. The molecule has 1 fully saturated rings. The molecule has 0 bridgehead atoms. The van der Waals surface area contributed by atoms with Gasteiger partial charge in [0.1, 0.15) is 0 Å². The zero-order valence-electron chi connectivity index (χ0n) is 13.5. The van der Waals surface area contributed by atoms with Crippen molar-refractivity contribution in [3.63, 3.8) is 0 Å². The molecule has 0 aliphatic heterocycles. The fourth-order valence-corrected chi connectivity index (χ4v) is 5.61. The third-order valence-corrected chi connectivity index (χ3v) is 6.93. The highest BCUT2D eigenvalue weighted by Crippen LogP contribution is 2.40. The molecule has 0 saturated heterocycles. The maximum absolute atomic E-state index is 13.0. The molecule has 0 amide bonds. The molecule has 1 aliphatic rings. The van der Waals surface area contributed by atoms with Crippen LogP contribution in [0.4, 0.5) is 0 Å². The lowest BCUT2D eigenvalue weighted by Gasteiger charge is -2.44. The zero-order chi connectivity index (χ0) is 15.7. The maximum Gasteiger partial charge on any atom is 0.182 e. The van der Waals surface area contributed by atoms with Crippen LogP contribution in [0.3, 0.4) is 0 Å². The van der Waals surface area contributed by atoms with Gasteiger partial charge in [0, 0.05) is 6.04 Å². The molecule has 1 saturated carbocycles. The first kappa shape index (κ1) is 16.5. The predicted molar refractivity (Wildman–Crippen MR) is 87.2 cm³/mol. The number of hydrogen-bond acceptors (Lipinski definition) is 3. The molecule has 0 heterocycles. The Kier molecular flexibility index (Phi) is 4.79. The minimum absolute atomic E-state index is 0.0106. The molecular formula is C17H27NO2S. The topological polar surface area (TPSA) is 46.2 Å². The van der Waals surface area contributed by atoms with Crippen LogP contribution in [0.2, 0.25) is 0 Å². The lowest BCUT2D eigenvalue weighted by atomic mass is 9.73. The monoisotopic (exact) mass is 309 g/mol. The average molecular weight is 309 g/mol. The van der Waals surface area contributed by atoms with Gasteiger partial charge in [-0.05, 0) is 43.9 Å². The molecule has 1 aliphatic carbocycles. The number of rotatable bonds is 4. The van der Waals surface area contributed by atoms with E-state index in [1.54, 1.807) is 12.1 Å². The van der Waals surface area contributed by atoms with Gasteiger partial charge in [-0.25, -0.2) is 8.42 Å². The first-order valence-electron chi connectivity index (χ1n) is 7.83. The Labute approximate surface area is 129 Å². The highest BCUT2D eigenvalue weighted by Gasteiger charge is 2.44. The van der Waals surface area contributed by atoms with E-state index in [9.17, 15) is 8.42 Å². The van der Waals surface area contributed by atoms with E-state index in [1.807, 2.05) is 26.0 Å². The second kappa shape index (κ2) is 6.09. The van der Waals surface area contributed by atoms with Crippen LogP contribution >= 0.6 is 0 Å². The number of aryl methyl sites for hydroxylation is 1. The lowest BCUT2D eigenvalue weighted by Crippen LogP contribution is -2.55. The van der Waals surface area contributed by atoms with Crippen molar-refractivity contribution in [3.05, 3.63) is 29.8 Å². The molecule has 1 aromatic carbocycles. The first-order chi connectivity index (χ1) is 9.79. The van der Waals surface area contributed by atoms with Gasteiger partial charge in [0.2, 0.25) is 0 Å². The van der Waals surface area contributed by atoms with Gasteiger partial charge >= 0.3 is 0 Å². The van der Waals surface area contributed by atoms with Gasteiger partial charge < -0.3 is 5.32 Å². The van der Waals surface area contributed by atoms with Crippen molar-refractivity contribution in [3.8, 4) is 0 Å². The van der Waals surface area contributed by atoms with E-state index in [-0.39, 0.29) is 16.7 Å². The Morgan fingerprint density at radius 1 is 1.24 bits per heavy atom. The third-order valence-electron chi connectivity index (χ3n) is 4.70. The van der Waals surface area contributed by atoms with Crippen LogP contribution in [-0.2, 0) is 9.84 Å². The highest BCUT2D eigenvalue weighted by atomic mass is 32.2. The Hall–Kier alpha value is -0.870. The van der Waals surface area contributed by atoms with Gasteiger partial charge in [0.05, 0.1) is 10.1 Å². The minimum Gasteiger partial charge on any atom is -0.312 e. The summed E-state index contributed by atoms with van der Waals surface area (Å²) >= 11 is 0. The lowest BCUT2D eigenvalue weighted by molar-refractivity contribution is 0.172. The number of hydrogen-bond donors (Lipinski definition) is 1. The van der Waals surface area contributed by atoms with E-state index in [1.165, 1.54) is 0 Å². The summed E-state index contributed by atoms with van der Waals surface area (Å²) < 4.78 is 26.1. The SMILES string of the molecule is CCNC1C(S(=O)(=O)c2ccc(C)cc2)CCCC1(C)C. The molecule has 2 unspecified atom stereocenters. The van der Waals surface area contributed by atoms with E-state index in [2.05, 4.69) is 19.2 Å². The number of nitrogens with one attached hydrogen (secondary N) is 1. The van der Waals surface area contributed by atoms with Crippen LogP contribution in [0.15, 0.2) is 29.2 Å². The van der Waals surface area contributed by atoms with Crippen molar-refractivity contribution in [2.45, 2.75) is 63.1 Å². The second-order valence-electron chi connectivity index (χ2n) is 6.81. The molecule has 21 heavy (non-hydrogen) atoms. The van der Waals surface area contributed by atoms with Crippen LogP contribution in [0.1, 0.15) is 45.6 Å². The highest BCUT2D eigenvalue weighted by molar-refractivity contribution is 7.92. The van der Waals surface area contributed by atoms with Crippen molar-refractivity contribution < 1.29 is 8.42 Å². The Morgan fingerprint density at radius 3 is 2.43 bits per heavy atom. The Balaban J connectivity index is 2.39. The van der Waals surface area contributed by atoms with E-state index in [0.717, 1.165) is 31.4 Å². The Morgan fingerprint density at radius 2 is 1.86 bits per heavy atom. The van der Waals surface area contributed by atoms with Gasteiger partial charge in [-0.15, -0.1) is 0 Å². The fourth-order valence-electron chi connectivity index (χ4n) is 3.45. The van der Waals surface area contributed by atoms with E-state index in [4.69, 9.17) is 0 Å². The molecule has 0 spiro atoms. The smallest absolute Gasteiger partial charge is 0.182 e. The van der Waals surface area contributed by atoms with Gasteiger partial charge in [0.25, 0.3) is 0 Å². The van der Waals surface area contributed by atoms with Crippen LogP contribution < -0.4 is 5.32 Å². The second-order valence-corrected chi connectivity index (χ2v) is 8.98. The summed E-state index contributed by atoms with van der Waals surface area (Å²) in [6.07, 6.45) is 2.80. The number of benzene rings is 1. The zero-order valence-corrected chi connectivity index (χ0v) is 14.3.